The fourth-order valence-electron chi connectivity index (χ4n) is 4.90. The van der Waals surface area contributed by atoms with Gasteiger partial charge in [0.15, 0.2) is 0 Å². The molecule has 9 nitrogen and oxygen atoms in total. The van der Waals surface area contributed by atoms with Crippen LogP contribution in [0.15, 0.2) is 67.1 Å². The lowest BCUT2D eigenvalue weighted by Crippen LogP contribution is -2.09. The van der Waals surface area contributed by atoms with Gasteiger partial charge in [0.25, 0.3) is 0 Å². The highest BCUT2D eigenvalue weighted by molar-refractivity contribution is 7.90. The third-order valence-electron chi connectivity index (χ3n) is 6.71. The van der Waals surface area contributed by atoms with Gasteiger partial charge in [-0.15, -0.1) is 0 Å². The lowest BCUT2D eigenvalue weighted by atomic mass is 10.00. The van der Waals surface area contributed by atoms with Gasteiger partial charge in [0.1, 0.15) is 32.5 Å². The van der Waals surface area contributed by atoms with Crippen LogP contribution in [-0.2, 0) is 16.3 Å². The van der Waals surface area contributed by atoms with Crippen LogP contribution in [0.4, 0.5) is 10.1 Å². The van der Waals surface area contributed by atoms with E-state index in [9.17, 15) is 12.8 Å². The first-order valence-electron chi connectivity index (χ1n) is 13.2. The molecule has 0 atom stereocenters. The van der Waals surface area contributed by atoms with E-state index in [0.29, 0.717) is 33.7 Å². The van der Waals surface area contributed by atoms with Crippen molar-refractivity contribution in [2.75, 3.05) is 17.3 Å². The summed E-state index contributed by atoms with van der Waals surface area (Å²) in [4.78, 5) is 17.1. The largest absolute Gasteiger partial charge is 0.382 e. The number of benzene rings is 1. The summed E-state index contributed by atoms with van der Waals surface area (Å²) in [6.07, 6.45) is 6.63. The van der Waals surface area contributed by atoms with Gasteiger partial charge in [0.2, 0.25) is 0 Å². The summed E-state index contributed by atoms with van der Waals surface area (Å²) in [5, 5.41) is 11.7. The smallest absolute Gasteiger partial charge is 0.147 e. The molecular formula is C30H28FN7O2S. The maximum Gasteiger partial charge on any atom is 0.147 e. The minimum atomic E-state index is -3.18. The van der Waals surface area contributed by atoms with Crippen LogP contribution in [-0.4, -0.2) is 56.6 Å². The van der Waals surface area contributed by atoms with Crippen LogP contribution in [0.5, 0.6) is 0 Å². The van der Waals surface area contributed by atoms with Crippen LogP contribution < -0.4 is 5.32 Å². The van der Waals surface area contributed by atoms with E-state index >= 15 is 0 Å². The standard InChI is InChI=1S/C30H28FN7O2S/c1-17(2)34-22-13-20(15-32-16-22)25-4-5-26-28(35-25)29(38-37-26)27-14-24-23(6-8-33-30(24)36-27)19-10-18(11-21(31)12-19)7-9-41(3,39)40/h4-6,8,10-17,34H,7,9H2,1-3H3,(H,33,36)(H,37,38). The van der Waals surface area contributed by atoms with Gasteiger partial charge in [-0.25, -0.2) is 22.8 Å². The Morgan fingerprint density at radius 1 is 1.02 bits per heavy atom. The minimum Gasteiger partial charge on any atom is -0.382 e. The van der Waals surface area contributed by atoms with Crippen molar-refractivity contribution in [1.29, 1.82) is 0 Å². The average Bonchev–Trinajstić information content (AvgIpc) is 3.54. The number of nitrogens with zero attached hydrogens (tertiary/aromatic N) is 4. The van der Waals surface area contributed by atoms with E-state index < -0.39 is 15.7 Å². The maximum atomic E-state index is 14.6. The molecule has 0 aliphatic carbocycles. The lowest BCUT2D eigenvalue weighted by molar-refractivity contribution is 0.600. The number of aromatic nitrogens is 6. The third-order valence-corrected chi connectivity index (χ3v) is 7.66. The summed E-state index contributed by atoms with van der Waals surface area (Å²) in [7, 11) is -3.18. The quantitative estimate of drug-likeness (QED) is 0.212. The number of nitrogens with one attached hydrogen (secondary N) is 3. The lowest BCUT2D eigenvalue weighted by Gasteiger charge is -2.10. The summed E-state index contributed by atoms with van der Waals surface area (Å²) in [5.41, 5.74) is 7.99. The zero-order valence-electron chi connectivity index (χ0n) is 22.7. The first kappa shape index (κ1) is 26.6. The van der Waals surface area contributed by atoms with E-state index in [1.165, 1.54) is 18.4 Å². The van der Waals surface area contributed by atoms with Crippen LogP contribution in [0.1, 0.15) is 19.4 Å². The van der Waals surface area contributed by atoms with Crippen molar-refractivity contribution >= 4 is 37.6 Å². The van der Waals surface area contributed by atoms with Gasteiger partial charge < -0.3 is 10.3 Å². The van der Waals surface area contributed by atoms with E-state index in [-0.39, 0.29) is 18.2 Å². The molecule has 0 fully saturated rings. The number of rotatable bonds is 8. The highest BCUT2D eigenvalue weighted by Crippen LogP contribution is 2.34. The molecule has 0 spiro atoms. The van der Waals surface area contributed by atoms with Gasteiger partial charge in [0.05, 0.1) is 28.3 Å². The minimum absolute atomic E-state index is 0.0498. The second-order valence-electron chi connectivity index (χ2n) is 10.5. The highest BCUT2D eigenvalue weighted by atomic mass is 32.2. The van der Waals surface area contributed by atoms with Crippen molar-refractivity contribution < 1.29 is 12.8 Å². The first-order valence-corrected chi connectivity index (χ1v) is 15.2. The zero-order chi connectivity index (χ0) is 28.7. The molecule has 0 saturated heterocycles. The molecular weight excluding hydrogens is 541 g/mol. The number of aromatic amines is 2. The number of hydrogen-bond donors (Lipinski definition) is 3. The summed E-state index contributed by atoms with van der Waals surface area (Å²) >= 11 is 0. The molecule has 1 aromatic carbocycles. The van der Waals surface area contributed by atoms with E-state index in [0.717, 1.165) is 33.4 Å². The van der Waals surface area contributed by atoms with Crippen LogP contribution in [0.2, 0.25) is 0 Å². The molecule has 0 aliphatic heterocycles. The van der Waals surface area contributed by atoms with Gasteiger partial charge in [0, 0.05) is 41.8 Å². The Balaban J connectivity index is 1.40. The van der Waals surface area contributed by atoms with E-state index in [4.69, 9.17) is 4.98 Å². The Labute approximate surface area is 236 Å². The first-order chi connectivity index (χ1) is 19.6. The van der Waals surface area contributed by atoms with Crippen LogP contribution in [0.25, 0.3) is 55.8 Å². The van der Waals surface area contributed by atoms with Crippen LogP contribution >= 0.6 is 0 Å². The predicted molar refractivity (Wildman–Crippen MR) is 160 cm³/mol. The Hall–Kier alpha value is -4.64. The molecule has 41 heavy (non-hydrogen) atoms. The topological polar surface area (TPSA) is 129 Å². The number of aryl methyl sites for hydroxylation is 1. The van der Waals surface area contributed by atoms with Gasteiger partial charge in [-0.2, -0.15) is 5.10 Å². The molecule has 208 valence electrons. The van der Waals surface area contributed by atoms with Crippen molar-refractivity contribution in [1.82, 2.24) is 30.1 Å². The van der Waals surface area contributed by atoms with Crippen molar-refractivity contribution in [2.45, 2.75) is 26.3 Å². The molecule has 0 unspecified atom stereocenters. The molecule has 0 amide bonds. The van der Waals surface area contributed by atoms with E-state index in [1.807, 2.05) is 36.4 Å². The molecule has 6 rings (SSSR count). The molecule has 11 heteroatoms. The van der Waals surface area contributed by atoms with Gasteiger partial charge >= 0.3 is 0 Å². The monoisotopic (exact) mass is 569 g/mol. The number of fused-ring (bicyclic) bond motifs is 2. The molecule has 0 aliphatic rings. The number of pyridine rings is 3. The molecule has 0 bridgehead atoms. The Bertz CT molecular complexity index is 2010. The molecule has 0 saturated carbocycles. The number of H-pyrrole nitrogens is 2. The molecule has 5 aromatic heterocycles. The Morgan fingerprint density at radius 3 is 2.68 bits per heavy atom. The SMILES string of the molecule is CC(C)Nc1cncc(-c2ccc3[nH]nc(-c4cc5c(-c6cc(F)cc(CCS(C)(=O)=O)c6)ccnc5[nH]4)c3n2)c1. The van der Waals surface area contributed by atoms with E-state index in [1.54, 1.807) is 18.6 Å². The molecule has 0 radical (unpaired) electrons. The van der Waals surface area contributed by atoms with Gasteiger partial charge in [-0.3, -0.25) is 10.1 Å². The summed E-state index contributed by atoms with van der Waals surface area (Å²) in [5.74, 6) is -0.477. The second-order valence-corrected chi connectivity index (χ2v) is 12.7. The molecule has 5 heterocycles. The van der Waals surface area contributed by atoms with Crippen LogP contribution in [0, 0.1) is 5.82 Å². The maximum absolute atomic E-state index is 14.6. The average molecular weight is 570 g/mol. The highest BCUT2D eigenvalue weighted by Gasteiger charge is 2.17. The molecule has 3 N–H and O–H groups in total. The summed E-state index contributed by atoms with van der Waals surface area (Å²) in [6.45, 7) is 4.14. The second kappa shape index (κ2) is 10.4. The summed E-state index contributed by atoms with van der Waals surface area (Å²) < 4.78 is 37.9. The zero-order valence-corrected chi connectivity index (χ0v) is 23.6. The Morgan fingerprint density at radius 2 is 1.88 bits per heavy atom. The fourth-order valence-corrected chi connectivity index (χ4v) is 5.51. The summed E-state index contributed by atoms with van der Waals surface area (Å²) in [6, 6.07) is 14.5. The fraction of sp³-hybridized carbons (Fsp3) is 0.200. The number of hydrogen-bond acceptors (Lipinski definition) is 7. The van der Waals surface area contributed by atoms with Crippen LogP contribution in [0.3, 0.4) is 0 Å². The molecule has 6 aromatic rings. The normalized spacial score (nSPS) is 12.0. The van der Waals surface area contributed by atoms with Gasteiger partial charge in [-0.05, 0) is 79.4 Å². The predicted octanol–water partition coefficient (Wildman–Crippen LogP) is 5.78. The third kappa shape index (κ3) is 5.66. The Kier molecular flexibility index (Phi) is 6.74. The van der Waals surface area contributed by atoms with Crippen molar-refractivity contribution in [2.24, 2.45) is 0 Å². The van der Waals surface area contributed by atoms with Crippen molar-refractivity contribution in [3.05, 3.63) is 78.5 Å². The van der Waals surface area contributed by atoms with Crippen molar-refractivity contribution in [3.8, 4) is 33.8 Å². The van der Waals surface area contributed by atoms with Gasteiger partial charge in [-0.1, -0.05) is 6.07 Å². The number of sulfone groups is 1. The number of halogens is 1. The van der Waals surface area contributed by atoms with E-state index in [2.05, 4.69) is 44.3 Å². The number of anilines is 1. The van der Waals surface area contributed by atoms with Crippen molar-refractivity contribution in [3.63, 3.8) is 0 Å².